The van der Waals surface area contributed by atoms with Crippen LogP contribution in [0.4, 0.5) is 0 Å². The van der Waals surface area contributed by atoms with Gasteiger partial charge in [0.1, 0.15) is 0 Å². The summed E-state index contributed by atoms with van der Waals surface area (Å²) in [6.45, 7) is 3.69. The van der Waals surface area contributed by atoms with Gasteiger partial charge in [-0.15, -0.1) is 0 Å². The Balaban J connectivity index is 3.96. The van der Waals surface area contributed by atoms with E-state index in [1.807, 2.05) is 7.05 Å². The van der Waals surface area contributed by atoms with Gasteiger partial charge in [-0.1, -0.05) is 13.3 Å². The van der Waals surface area contributed by atoms with Crippen LogP contribution in [-0.2, 0) is 4.74 Å². The molecule has 3 N–H and O–H groups in total. The van der Waals surface area contributed by atoms with Crippen LogP contribution in [0.5, 0.6) is 0 Å². The van der Waals surface area contributed by atoms with Crippen LogP contribution in [0.3, 0.4) is 0 Å². The standard InChI is InChI=1S/C10H24N2O2/c1-4-5-9(11)10(8-13)12(2)6-7-14-3/h9-10,13H,4-8,11H2,1-3H3. The molecule has 0 aliphatic rings. The molecule has 0 bridgehead atoms. The summed E-state index contributed by atoms with van der Waals surface area (Å²) in [6, 6.07) is 0.0944. The molecule has 2 unspecified atom stereocenters. The Morgan fingerprint density at radius 2 is 2.14 bits per heavy atom. The summed E-state index contributed by atoms with van der Waals surface area (Å²) in [6.07, 6.45) is 2.00. The third-order valence-corrected chi connectivity index (χ3v) is 2.52. The smallest absolute Gasteiger partial charge is 0.0601 e. The van der Waals surface area contributed by atoms with Crippen molar-refractivity contribution in [2.24, 2.45) is 5.73 Å². The Kier molecular flexibility index (Phi) is 8.08. The van der Waals surface area contributed by atoms with Crippen LogP contribution in [0.15, 0.2) is 0 Å². The molecular formula is C10H24N2O2. The number of rotatable bonds is 8. The van der Waals surface area contributed by atoms with Gasteiger partial charge in [0.15, 0.2) is 0 Å². The monoisotopic (exact) mass is 204 g/mol. The second kappa shape index (κ2) is 8.17. The topological polar surface area (TPSA) is 58.7 Å². The molecule has 0 rings (SSSR count). The average Bonchev–Trinajstić information content (AvgIpc) is 2.16. The minimum atomic E-state index is 0.0464. The summed E-state index contributed by atoms with van der Waals surface area (Å²) < 4.78 is 4.98. The van der Waals surface area contributed by atoms with Crippen LogP contribution < -0.4 is 5.73 Å². The summed E-state index contributed by atoms with van der Waals surface area (Å²) >= 11 is 0. The number of methoxy groups -OCH3 is 1. The van der Waals surface area contributed by atoms with Gasteiger partial charge in [-0.2, -0.15) is 0 Å². The molecule has 0 aromatic carbocycles. The summed E-state index contributed by atoms with van der Waals surface area (Å²) in [5.74, 6) is 0. The van der Waals surface area contributed by atoms with Gasteiger partial charge in [-0.25, -0.2) is 0 Å². The van der Waals surface area contributed by atoms with E-state index in [-0.39, 0.29) is 18.7 Å². The van der Waals surface area contributed by atoms with Gasteiger partial charge in [0.25, 0.3) is 0 Å². The van der Waals surface area contributed by atoms with Crippen molar-refractivity contribution < 1.29 is 9.84 Å². The van der Waals surface area contributed by atoms with E-state index in [2.05, 4.69) is 11.8 Å². The minimum Gasteiger partial charge on any atom is -0.395 e. The molecule has 4 nitrogen and oxygen atoms in total. The number of nitrogens with zero attached hydrogens (tertiary/aromatic N) is 1. The van der Waals surface area contributed by atoms with Crippen LogP contribution in [0.1, 0.15) is 19.8 Å². The highest BCUT2D eigenvalue weighted by Crippen LogP contribution is 2.05. The SMILES string of the molecule is CCCC(N)C(CO)N(C)CCOC. The molecule has 0 aromatic heterocycles. The van der Waals surface area contributed by atoms with Gasteiger partial charge in [0.2, 0.25) is 0 Å². The number of likely N-dealkylation sites (N-methyl/N-ethyl adjacent to an activating group) is 1. The molecule has 0 fully saturated rings. The van der Waals surface area contributed by atoms with Crippen molar-refractivity contribution >= 4 is 0 Å². The first-order chi connectivity index (χ1) is 6.67. The summed E-state index contributed by atoms with van der Waals surface area (Å²) in [4.78, 5) is 2.06. The molecule has 0 radical (unpaired) electrons. The molecule has 0 saturated heterocycles. The zero-order valence-corrected chi connectivity index (χ0v) is 9.57. The molecule has 0 spiro atoms. The highest BCUT2D eigenvalue weighted by atomic mass is 16.5. The van der Waals surface area contributed by atoms with Crippen LogP contribution in [0.25, 0.3) is 0 Å². The van der Waals surface area contributed by atoms with Crippen molar-refractivity contribution in [2.75, 3.05) is 33.9 Å². The molecule has 0 aliphatic heterocycles. The van der Waals surface area contributed by atoms with Crippen molar-refractivity contribution in [3.05, 3.63) is 0 Å². The fraction of sp³-hybridized carbons (Fsp3) is 1.00. The van der Waals surface area contributed by atoms with Crippen molar-refractivity contribution in [3.8, 4) is 0 Å². The van der Waals surface area contributed by atoms with Gasteiger partial charge in [-0.05, 0) is 13.5 Å². The Morgan fingerprint density at radius 1 is 1.50 bits per heavy atom. The first-order valence-electron chi connectivity index (χ1n) is 5.23. The predicted molar refractivity (Wildman–Crippen MR) is 58.3 cm³/mol. The van der Waals surface area contributed by atoms with Crippen molar-refractivity contribution in [2.45, 2.75) is 31.8 Å². The second-order valence-electron chi connectivity index (χ2n) is 3.68. The molecule has 0 heterocycles. The number of ether oxygens (including phenoxy) is 1. The zero-order chi connectivity index (χ0) is 11.0. The summed E-state index contributed by atoms with van der Waals surface area (Å²) in [5.41, 5.74) is 5.97. The Labute approximate surface area is 87.0 Å². The lowest BCUT2D eigenvalue weighted by molar-refractivity contribution is 0.0911. The number of hydrogen-bond acceptors (Lipinski definition) is 4. The first-order valence-corrected chi connectivity index (χ1v) is 5.23. The minimum absolute atomic E-state index is 0.0464. The number of aliphatic hydroxyl groups is 1. The molecule has 0 aromatic rings. The maximum atomic E-state index is 9.23. The van der Waals surface area contributed by atoms with E-state index >= 15 is 0 Å². The van der Waals surface area contributed by atoms with Gasteiger partial charge in [-0.3, -0.25) is 4.90 Å². The average molecular weight is 204 g/mol. The molecule has 4 heteroatoms. The largest absolute Gasteiger partial charge is 0.395 e. The fourth-order valence-electron chi connectivity index (χ4n) is 1.53. The lowest BCUT2D eigenvalue weighted by Gasteiger charge is -2.30. The van der Waals surface area contributed by atoms with Gasteiger partial charge < -0.3 is 15.6 Å². The van der Waals surface area contributed by atoms with Crippen molar-refractivity contribution in [3.63, 3.8) is 0 Å². The van der Waals surface area contributed by atoms with E-state index in [0.717, 1.165) is 19.4 Å². The van der Waals surface area contributed by atoms with Crippen LogP contribution in [0, 0.1) is 0 Å². The third-order valence-electron chi connectivity index (χ3n) is 2.52. The van der Waals surface area contributed by atoms with E-state index in [9.17, 15) is 5.11 Å². The lowest BCUT2D eigenvalue weighted by Crippen LogP contribution is -2.49. The fourth-order valence-corrected chi connectivity index (χ4v) is 1.53. The lowest BCUT2D eigenvalue weighted by atomic mass is 10.0. The number of nitrogens with two attached hydrogens (primary N) is 1. The van der Waals surface area contributed by atoms with Crippen LogP contribution in [-0.4, -0.2) is 56.0 Å². The molecular weight excluding hydrogens is 180 g/mol. The van der Waals surface area contributed by atoms with Crippen molar-refractivity contribution in [1.29, 1.82) is 0 Å². The Bertz CT molecular complexity index is 133. The predicted octanol–water partition coefficient (Wildman–Crippen LogP) is 0.0529. The summed E-state index contributed by atoms with van der Waals surface area (Å²) in [5, 5.41) is 9.23. The molecule has 2 atom stereocenters. The van der Waals surface area contributed by atoms with E-state index in [4.69, 9.17) is 10.5 Å². The summed E-state index contributed by atoms with van der Waals surface area (Å²) in [7, 11) is 3.64. The maximum absolute atomic E-state index is 9.23. The zero-order valence-electron chi connectivity index (χ0n) is 9.57. The van der Waals surface area contributed by atoms with Gasteiger partial charge in [0, 0.05) is 25.7 Å². The van der Waals surface area contributed by atoms with Crippen LogP contribution in [0.2, 0.25) is 0 Å². The molecule has 0 amide bonds. The highest BCUT2D eigenvalue weighted by Gasteiger charge is 2.20. The van der Waals surface area contributed by atoms with Crippen molar-refractivity contribution in [1.82, 2.24) is 4.90 Å². The van der Waals surface area contributed by atoms with E-state index in [0.29, 0.717) is 6.61 Å². The first kappa shape index (κ1) is 13.8. The Hall–Kier alpha value is -0.160. The third kappa shape index (κ3) is 4.91. The van der Waals surface area contributed by atoms with E-state index < -0.39 is 0 Å². The molecule has 0 saturated carbocycles. The molecule has 86 valence electrons. The van der Waals surface area contributed by atoms with Gasteiger partial charge in [0.05, 0.1) is 13.2 Å². The highest BCUT2D eigenvalue weighted by molar-refractivity contribution is 4.79. The van der Waals surface area contributed by atoms with Crippen LogP contribution >= 0.6 is 0 Å². The quantitative estimate of drug-likeness (QED) is 0.587. The molecule has 14 heavy (non-hydrogen) atoms. The van der Waals surface area contributed by atoms with E-state index in [1.54, 1.807) is 7.11 Å². The molecule has 0 aliphatic carbocycles. The Morgan fingerprint density at radius 3 is 2.57 bits per heavy atom. The maximum Gasteiger partial charge on any atom is 0.0601 e. The normalized spacial score (nSPS) is 15.9. The second-order valence-corrected chi connectivity index (χ2v) is 3.68. The van der Waals surface area contributed by atoms with E-state index in [1.165, 1.54) is 0 Å². The van der Waals surface area contributed by atoms with Gasteiger partial charge >= 0.3 is 0 Å². The number of aliphatic hydroxyl groups excluding tert-OH is 1. The number of hydrogen-bond donors (Lipinski definition) is 2.